The van der Waals surface area contributed by atoms with Crippen molar-refractivity contribution in [2.75, 3.05) is 26.2 Å². The predicted octanol–water partition coefficient (Wildman–Crippen LogP) is 7.02. The van der Waals surface area contributed by atoms with Crippen LogP contribution in [0.4, 0.5) is 0 Å². The van der Waals surface area contributed by atoms with E-state index in [0.29, 0.717) is 17.3 Å². The molecule has 5 fully saturated rings. The summed E-state index contributed by atoms with van der Waals surface area (Å²) in [7, 11) is 0. The van der Waals surface area contributed by atoms with Gasteiger partial charge in [0.15, 0.2) is 5.78 Å². The Hall–Kier alpha value is -2.54. The summed E-state index contributed by atoms with van der Waals surface area (Å²) in [4.78, 5) is 48.2. The molecule has 0 spiro atoms. The molecule has 0 aromatic carbocycles. The van der Waals surface area contributed by atoms with Crippen LogP contribution in [0.25, 0.3) is 0 Å². The number of carbonyl (C=O) groups is 3. The third-order valence-electron chi connectivity index (χ3n) is 15.6. The van der Waals surface area contributed by atoms with E-state index in [2.05, 4.69) is 69.7 Å². The van der Waals surface area contributed by atoms with Gasteiger partial charge < -0.3 is 15.0 Å². The van der Waals surface area contributed by atoms with E-state index in [9.17, 15) is 14.4 Å². The highest BCUT2D eigenvalue weighted by molar-refractivity contribution is 5.96. The van der Waals surface area contributed by atoms with Gasteiger partial charge in [0.05, 0.1) is 5.56 Å². The van der Waals surface area contributed by atoms with Crippen molar-refractivity contribution in [3.8, 4) is 0 Å². The molecule has 6 aliphatic rings. The van der Waals surface area contributed by atoms with E-state index in [-0.39, 0.29) is 62.3 Å². The number of aromatic nitrogens is 1. The molecule has 0 bridgehead atoms. The van der Waals surface area contributed by atoms with Crippen LogP contribution < -0.4 is 5.32 Å². The molecule has 0 unspecified atom stereocenters. The minimum Gasteiger partial charge on any atom is -0.458 e. The third-order valence-corrected chi connectivity index (χ3v) is 15.6. The normalized spacial score (nSPS) is 44.2. The lowest BCUT2D eigenvalue weighted by Crippen LogP contribution is -2.67. The van der Waals surface area contributed by atoms with Crippen LogP contribution in [0.3, 0.4) is 0 Å². The predicted molar refractivity (Wildman–Crippen MR) is 182 cm³/mol. The zero-order valence-electron chi connectivity index (χ0n) is 29.9. The quantitative estimate of drug-likeness (QED) is 0.356. The van der Waals surface area contributed by atoms with Crippen molar-refractivity contribution in [3.05, 3.63) is 41.7 Å². The van der Waals surface area contributed by atoms with Crippen LogP contribution in [0.1, 0.15) is 117 Å². The average Bonchev–Trinajstić information content (AvgIpc) is 3.04. The first-order valence-corrected chi connectivity index (χ1v) is 18.5. The van der Waals surface area contributed by atoms with Gasteiger partial charge in [0.25, 0.3) is 0 Å². The number of piperazine rings is 1. The monoisotopic (exact) mass is 643 g/mol. The second kappa shape index (κ2) is 11.0. The Morgan fingerprint density at radius 3 is 2.36 bits per heavy atom. The molecule has 2 heterocycles. The molecule has 7 heteroatoms. The van der Waals surface area contributed by atoms with E-state index in [0.717, 1.165) is 84.0 Å². The highest BCUT2D eigenvalue weighted by Crippen LogP contribution is 2.75. The number of rotatable bonds is 3. The van der Waals surface area contributed by atoms with E-state index < -0.39 is 0 Å². The van der Waals surface area contributed by atoms with Crippen molar-refractivity contribution in [3.63, 3.8) is 0 Å². The molecule has 47 heavy (non-hydrogen) atoms. The largest absolute Gasteiger partial charge is 0.458 e. The van der Waals surface area contributed by atoms with Gasteiger partial charge in [-0.25, -0.2) is 4.79 Å². The number of amides is 1. The highest BCUT2D eigenvalue weighted by Gasteiger charge is 2.70. The standard InChI is InChI=1S/C40H57N3O4/c1-35(2)30-10-13-40(7)32(38(30,5)12-11-31(35)47-33(45)26-9-8-18-42-25-26)29(44)23-27-28-24-37(4,34(46)43-21-19-41-20-22-43)15-14-36(28,3)16-17-39(27,40)6/h8-9,18,23,25,28,30-32,41H,10-17,19-22,24H2,1-7H3/t28-,30-,31-,32+,36+,37+,38-,39+,40+/m0/s1. The Kier molecular flexibility index (Phi) is 7.71. The number of carbonyl (C=O) groups excluding carboxylic acids is 3. The van der Waals surface area contributed by atoms with Gasteiger partial charge in [0, 0.05) is 55.3 Å². The molecule has 5 aliphatic carbocycles. The molecule has 0 radical (unpaired) electrons. The van der Waals surface area contributed by atoms with E-state index in [1.807, 2.05) is 0 Å². The number of hydrogen-bond acceptors (Lipinski definition) is 6. The summed E-state index contributed by atoms with van der Waals surface area (Å²) in [6.45, 7) is 19.8. The summed E-state index contributed by atoms with van der Waals surface area (Å²) in [6.07, 6.45) is 13.9. The number of nitrogens with zero attached hydrogens (tertiary/aromatic N) is 2. The lowest BCUT2D eigenvalue weighted by Gasteiger charge is -2.70. The van der Waals surface area contributed by atoms with Crippen LogP contribution in [0.2, 0.25) is 0 Å². The molecule has 7 nitrogen and oxygen atoms in total. The number of ether oxygens (including phenoxy) is 1. The van der Waals surface area contributed by atoms with Crippen LogP contribution >= 0.6 is 0 Å². The van der Waals surface area contributed by atoms with Crippen LogP contribution in [0.15, 0.2) is 36.2 Å². The SMILES string of the molecule is CC1(C)[C@@H](OC(=O)c2cccnc2)CC[C@]2(C)[C@H]3C(=O)C=C4[C@@H]5C[C@](C)(C(=O)N6CCNCC6)CC[C@]5(C)CC[C@@]4(C)[C@]3(C)CC[C@@H]12. The summed E-state index contributed by atoms with van der Waals surface area (Å²) < 4.78 is 6.22. The molecule has 1 saturated heterocycles. The van der Waals surface area contributed by atoms with Gasteiger partial charge in [-0.2, -0.15) is 0 Å². The molecule has 1 N–H and O–H groups in total. The first-order chi connectivity index (χ1) is 22.1. The first kappa shape index (κ1) is 33.0. The maximum atomic E-state index is 14.8. The summed E-state index contributed by atoms with van der Waals surface area (Å²) in [5.41, 5.74) is 0.875. The lowest BCUT2D eigenvalue weighted by atomic mass is 9.33. The van der Waals surface area contributed by atoms with Crippen LogP contribution in [0.5, 0.6) is 0 Å². The second-order valence-electron chi connectivity index (χ2n) is 18.3. The number of esters is 1. The average molecular weight is 644 g/mol. The number of fused-ring (bicyclic) bond motifs is 7. The van der Waals surface area contributed by atoms with Crippen molar-refractivity contribution < 1.29 is 19.1 Å². The maximum absolute atomic E-state index is 14.8. The number of pyridine rings is 1. The fourth-order valence-electron chi connectivity index (χ4n) is 12.5. The molecule has 1 aromatic heterocycles. The number of ketones is 1. The van der Waals surface area contributed by atoms with Crippen molar-refractivity contribution in [1.29, 1.82) is 0 Å². The third kappa shape index (κ3) is 4.75. The summed E-state index contributed by atoms with van der Waals surface area (Å²) in [5, 5.41) is 3.39. The van der Waals surface area contributed by atoms with Gasteiger partial charge >= 0.3 is 5.97 Å². The Morgan fingerprint density at radius 1 is 0.936 bits per heavy atom. The first-order valence-electron chi connectivity index (χ1n) is 18.5. The number of allylic oxidation sites excluding steroid dienone is 2. The van der Waals surface area contributed by atoms with E-state index in [4.69, 9.17) is 4.74 Å². The van der Waals surface area contributed by atoms with Crippen molar-refractivity contribution in [2.24, 2.45) is 50.2 Å². The van der Waals surface area contributed by atoms with Crippen molar-refractivity contribution in [1.82, 2.24) is 15.2 Å². The summed E-state index contributed by atoms with van der Waals surface area (Å²) >= 11 is 0. The topological polar surface area (TPSA) is 88.6 Å². The molecular weight excluding hydrogens is 586 g/mol. The summed E-state index contributed by atoms with van der Waals surface area (Å²) in [5.74, 6) is 0.751. The zero-order chi connectivity index (χ0) is 33.6. The second-order valence-corrected chi connectivity index (χ2v) is 18.3. The van der Waals surface area contributed by atoms with Gasteiger partial charge in [0.2, 0.25) is 5.91 Å². The molecule has 1 aromatic rings. The Labute approximate surface area is 282 Å². The molecule has 4 saturated carbocycles. The van der Waals surface area contributed by atoms with Gasteiger partial charge in [-0.1, -0.05) is 54.0 Å². The van der Waals surface area contributed by atoms with Crippen molar-refractivity contribution >= 4 is 17.7 Å². The van der Waals surface area contributed by atoms with Crippen LogP contribution in [-0.4, -0.2) is 59.8 Å². The van der Waals surface area contributed by atoms with E-state index in [1.165, 1.54) is 5.57 Å². The Bertz CT molecular complexity index is 1480. The fraction of sp³-hybridized carbons (Fsp3) is 0.750. The summed E-state index contributed by atoms with van der Waals surface area (Å²) in [6, 6.07) is 3.53. The van der Waals surface area contributed by atoms with E-state index in [1.54, 1.807) is 24.5 Å². The Balaban J connectivity index is 1.19. The van der Waals surface area contributed by atoms with Gasteiger partial charge in [-0.05, 0) is 109 Å². The Morgan fingerprint density at radius 2 is 1.66 bits per heavy atom. The van der Waals surface area contributed by atoms with E-state index >= 15 is 0 Å². The molecular formula is C40H57N3O4. The zero-order valence-corrected chi connectivity index (χ0v) is 29.9. The van der Waals surface area contributed by atoms with Crippen LogP contribution in [-0.2, 0) is 14.3 Å². The lowest BCUT2D eigenvalue weighted by molar-refractivity contribution is -0.202. The molecule has 9 atom stereocenters. The molecule has 1 aliphatic heterocycles. The fourth-order valence-corrected chi connectivity index (χ4v) is 12.5. The highest BCUT2D eigenvalue weighted by atomic mass is 16.5. The smallest absolute Gasteiger partial charge is 0.339 e. The molecule has 1 amide bonds. The minimum atomic E-state index is -0.388. The van der Waals surface area contributed by atoms with Crippen molar-refractivity contribution in [2.45, 2.75) is 112 Å². The molecule has 256 valence electrons. The number of nitrogens with one attached hydrogen (secondary N) is 1. The number of hydrogen-bond donors (Lipinski definition) is 1. The van der Waals surface area contributed by atoms with Gasteiger partial charge in [-0.15, -0.1) is 0 Å². The van der Waals surface area contributed by atoms with Crippen LogP contribution in [0, 0.1) is 50.2 Å². The van der Waals surface area contributed by atoms with Gasteiger partial charge in [0.1, 0.15) is 6.10 Å². The minimum absolute atomic E-state index is 0.0708. The van der Waals surface area contributed by atoms with Gasteiger partial charge in [-0.3, -0.25) is 14.6 Å². The molecule has 7 rings (SSSR count). The maximum Gasteiger partial charge on any atom is 0.339 e.